The minimum atomic E-state index is -0.127. The molecule has 0 aliphatic heterocycles. The van der Waals surface area contributed by atoms with Crippen molar-refractivity contribution in [2.75, 3.05) is 0 Å². The second kappa shape index (κ2) is 4.82. The molecule has 0 nitrogen and oxygen atoms in total. The van der Waals surface area contributed by atoms with Crippen LogP contribution in [0, 0.1) is 0 Å². The Morgan fingerprint density at radius 2 is 1.26 bits per heavy atom. The molecule has 0 heterocycles. The van der Waals surface area contributed by atoms with E-state index in [4.69, 9.17) is 0 Å². The predicted octanol–water partition coefficient (Wildman–Crippen LogP) is 4.54. The molecule has 0 radical (unpaired) electrons. The van der Waals surface area contributed by atoms with Crippen LogP contribution in [0.2, 0.25) is 3.46 Å². The number of rotatable bonds is 1. The quantitative estimate of drug-likeness (QED) is 0.441. The van der Waals surface area contributed by atoms with Gasteiger partial charge in [-0.25, -0.2) is 0 Å². The molecule has 3 aromatic carbocycles. The van der Waals surface area contributed by atoms with Gasteiger partial charge in [-0.2, -0.15) is 0 Å². The first-order valence-electron chi connectivity index (χ1n) is 6.63. The van der Waals surface area contributed by atoms with E-state index in [2.05, 4.69) is 75.4 Å². The monoisotopic (exact) mass is 364 g/mol. The van der Waals surface area contributed by atoms with Gasteiger partial charge in [0.15, 0.2) is 0 Å². The summed E-state index contributed by atoms with van der Waals surface area (Å²) in [6.45, 7) is 7.04. The van der Waals surface area contributed by atoms with Crippen LogP contribution in [0.5, 0.6) is 0 Å². The van der Waals surface area contributed by atoms with Crippen LogP contribution >= 0.6 is 0 Å². The molecule has 0 atom stereocenters. The molecule has 0 aromatic heterocycles. The first kappa shape index (κ1) is 13.0. The first-order chi connectivity index (χ1) is 9.01. The third-order valence-corrected chi connectivity index (χ3v) is 6.25. The van der Waals surface area contributed by atoms with E-state index >= 15 is 0 Å². The van der Waals surface area contributed by atoms with Crippen molar-refractivity contribution in [1.29, 1.82) is 0 Å². The summed E-state index contributed by atoms with van der Waals surface area (Å²) < 4.78 is 2.02. The molecule has 19 heavy (non-hydrogen) atoms. The van der Waals surface area contributed by atoms with Crippen molar-refractivity contribution < 1.29 is 0 Å². The topological polar surface area (TPSA) is 0 Å². The van der Waals surface area contributed by atoms with Crippen molar-refractivity contribution in [3.05, 3.63) is 54.6 Å². The zero-order chi connectivity index (χ0) is 13.5. The van der Waals surface area contributed by atoms with Gasteiger partial charge in [-0.15, -0.1) is 0 Å². The Kier molecular flexibility index (Phi) is 3.29. The van der Waals surface area contributed by atoms with Crippen LogP contribution in [-0.2, 0) is 0 Å². The Labute approximate surface area is 124 Å². The summed E-state index contributed by atoms with van der Waals surface area (Å²) in [6.07, 6.45) is 0. The Balaban J connectivity index is 2.14. The van der Waals surface area contributed by atoms with Crippen molar-refractivity contribution in [2.24, 2.45) is 0 Å². The molecule has 0 unspecified atom stereocenters. The van der Waals surface area contributed by atoms with E-state index < -0.39 is 0 Å². The maximum atomic E-state index is 2.40. The first-order valence-corrected chi connectivity index (χ1v) is 8.96. The van der Waals surface area contributed by atoms with Gasteiger partial charge in [0.2, 0.25) is 0 Å². The summed E-state index contributed by atoms with van der Waals surface area (Å²) in [4.78, 5) is 0. The van der Waals surface area contributed by atoms with E-state index in [-0.39, 0.29) is 20.9 Å². The van der Waals surface area contributed by atoms with E-state index in [1.54, 1.807) is 3.61 Å². The summed E-state index contributed by atoms with van der Waals surface area (Å²) >= 11 is -0.127. The molecular formula is C18H18Te. The maximum absolute atomic E-state index is 2.40. The van der Waals surface area contributed by atoms with Gasteiger partial charge in [0.25, 0.3) is 0 Å². The van der Waals surface area contributed by atoms with Gasteiger partial charge in [0.05, 0.1) is 0 Å². The van der Waals surface area contributed by atoms with Crippen molar-refractivity contribution in [3.8, 4) is 0 Å². The molecule has 0 saturated heterocycles. The third-order valence-electron chi connectivity index (χ3n) is 3.10. The summed E-state index contributed by atoms with van der Waals surface area (Å²) in [5.41, 5.74) is 0. The van der Waals surface area contributed by atoms with Gasteiger partial charge >= 0.3 is 125 Å². The average Bonchev–Trinajstić information content (AvgIpc) is 2.34. The van der Waals surface area contributed by atoms with Crippen LogP contribution in [0.15, 0.2) is 54.6 Å². The summed E-state index contributed by atoms with van der Waals surface area (Å²) in [5, 5.41) is 5.40. The van der Waals surface area contributed by atoms with Crippen LogP contribution in [0.1, 0.15) is 20.8 Å². The average molecular weight is 362 g/mol. The van der Waals surface area contributed by atoms with Crippen LogP contribution in [-0.4, -0.2) is 20.9 Å². The molecule has 0 fully saturated rings. The summed E-state index contributed by atoms with van der Waals surface area (Å²) in [6, 6.07) is 20.2. The van der Waals surface area contributed by atoms with Crippen molar-refractivity contribution >= 4 is 46.1 Å². The summed E-state index contributed by atoms with van der Waals surface area (Å²) in [7, 11) is 0. The molecule has 0 bridgehead atoms. The fourth-order valence-electron chi connectivity index (χ4n) is 2.34. The number of hydrogen-bond donors (Lipinski definition) is 0. The molecule has 0 N–H and O–H groups in total. The second-order valence-electron chi connectivity index (χ2n) is 5.92. The Hall–Kier alpha value is -1.03. The van der Waals surface area contributed by atoms with Crippen molar-refractivity contribution in [2.45, 2.75) is 24.2 Å². The van der Waals surface area contributed by atoms with Crippen LogP contribution in [0.4, 0.5) is 0 Å². The standard InChI is InChI=1S/C18H18Te/c1-18(2,3)19-17-9-8-15-10-13-6-4-5-7-14(13)11-16(15)12-17/h4-12H,1-3H3. The van der Waals surface area contributed by atoms with Crippen LogP contribution < -0.4 is 3.61 Å². The zero-order valence-electron chi connectivity index (χ0n) is 11.6. The Morgan fingerprint density at radius 1 is 0.684 bits per heavy atom. The molecule has 0 spiro atoms. The van der Waals surface area contributed by atoms with Crippen LogP contribution in [0.25, 0.3) is 21.5 Å². The number of fused-ring (bicyclic) bond motifs is 2. The second-order valence-corrected chi connectivity index (χ2v) is 11.3. The molecule has 0 aliphatic rings. The van der Waals surface area contributed by atoms with Crippen LogP contribution in [0.3, 0.4) is 0 Å². The van der Waals surface area contributed by atoms with Gasteiger partial charge in [0, 0.05) is 0 Å². The SMILES string of the molecule is CC(C)(C)[Te]c1ccc2cc3ccccc3cc2c1. The van der Waals surface area contributed by atoms with E-state index in [0.29, 0.717) is 3.46 Å². The fraction of sp³-hybridized carbons (Fsp3) is 0.222. The zero-order valence-corrected chi connectivity index (χ0v) is 13.9. The van der Waals surface area contributed by atoms with E-state index in [1.807, 2.05) is 0 Å². The van der Waals surface area contributed by atoms with E-state index in [1.165, 1.54) is 21.5 Å². The number of benzene rings is 3. The molecule has 0 amide bonds. The normalized spacial score (nSPS) is 12.2. The van der Waals surface area contributed by atoms with Gasteiger partial charge in [0.1, 0.15) is 0 Å². The Morgan fingerprint density at radius 3 is 1.89 bits per heavy atom. The van der Waals surface area contributed by atoms with E-state index in [9.17, 15) is 0 Å². The van der Waals surface area contributed by atoms with Gasteiger partial charge in [-0.3, -0.25) is 0 Å². The fourth-order valence-corrected chi connectivity index (χ4v) is 5.27. The molecule has 96 valence electrons. The molecule has 0 saturated carbocycles. The van der Waals surface area contributed by atoms with E-state index in [0.717, 1.165) is 0 Å². The molecule has 3 aromatic rings. The van der Waals surface area contributed by atoms with Gasteiger partial charge in [-0.05, 0) is 0 Å². The van der Waals surface area contributed by atoms with Gasteiger partial charge < -0.3 is 0 Å². The summed E-state index contributed by atoms with van der Waals surface area (Å²) in [5.74, 6) is 0. The van der Waals surface area contributed by atoms with Gasteiger partial charge in [-0.1, -0.05) is 0 Å². The third kappa shape index (κ3) is 2.94. The number of hydrogen-bond acceptors (Lipinski definition) is 0. The Bertz CT molecular complexity index is 735. The van der Waals surface area contributed by atoms with Crippen molar-refractivity contribution in [3.63, 3.8) is 0 Å². The van der Waals surface area contributed by atoms with Crippen molar-refractivity contribution in [1.82, 2.24) is 0 Å². The molecule has 3 rings (SSSR count). The molecular weight excluding hydrogens is 344 g/mol. The molecule has 0 aliphatic carbocycles. The predicted molar refractivity (Wildman–Crippen MR) is 86.6 cm³/mol. The molecule has 1 heteroatoms. The minimum absolute atomic E-state index is 0.127.